The van der Waals surface area contributed by atoms with Crippen molar-refractivity contribution in [2.45, 2.75) is 19.4 Å². The summed E-state index contributed by atoms with van der Waals surface area (Å²) in [6.45, 7) is 0.489. The lowest BCUT2D eigenvalue weighted by Crippen LogP contribution is -1.96. The van der Waals surface area contributed by atoms with E-state index in [4.69, 9.17) is 9.84 Å². The third-order valence-electron chi connectivity index (χ3n) is 5.17. The molecule has 0 aliphatic rings. The van der Waals surface area contributed by atoms with E-state index in [0.29, 0.717) is 13.0 Å². The molecule has 0 spiro atoms. The summed E-state index contributed by atoms with van der Waals surface area (Å²) in [5.74, 6) is -0.0122. The lowest BCUT2D eigenvalue weighted by atomic mass is 9.98. The van der Waals surface area contributed by atoms with E-state index < -0.39 is 5.97 Å². The van der Waals surface area contributed by atoms with Gasteiger partial charge in [0.15, 0.2) is 0 Å². The second kappa shape index (κ2) is 9.77. The second-order valence-electron chi connectivity index (χ2n) is 7.47. The molecule has 0 aromatic heterocycles. The molecule has 0 saturated heterocycles. The largest absolute Gasteiger partial charge is 0.489 e. The van der Waals surface area contributed by atoms with Crippen LogP contribution in [0.4, 0.5) is 0 Å². The number of allylic oxidation sites excluding steroid dienone is 1. The number of rotatable bonds is 8. The molecule has 0 saturated carbocycles. The van der Waals surface area contributed by atoms with Gasteiger partial charge in [-0.05, 0) is 57.7 Å². The van der Waals surface area contributed by atoms with Gasteiger partial charge in [-0.1, -0.05) is 84.9 Å². The van der Waals surface area contributed by atoms with E-state index in [2.05, 4.69) is 30.3 Å². The van der Waals surface area contributed by atoms with Gasteiger partial charge in [0.25, 0.3) is 0 Å². The van der Waals surface area contributed by atoms with E-state index >= 15 is 0 Å². The van der Waals surface area contributed by atoms with E-state index in [1.807, 2.05) is 72.8 Å². The highest BCUT2D eigenvalue weighted by Crippen LogP contribution is 2.25. The number of hydrogen-bond acceptors (Lipinski definition) is 2. The van der Waals surface area contributed by atoms with E-state index in [1.54, 1.807) is 0 Å². The van der Waals surface area contributed by atoms with Crippen molar-refractivity contribution in [3.05, 3.63) is 114 Å². The lowest BCUT2D eigenvalue weighted by Gasteiger charge is -2.10. The van der Waals surface area contributed by atoms with Crippen LogP contribution >= 0.6 is 0 Å². The summed E-state index contributed by atoms with van der Waals surface area (Å²) in [5.41, 5.74) is 4.13. The predicted octanol–water partition coefficient (Wildman–Crippen LogP) is 6.82. The Hall–Kier alpha value is -3.85. The normalized spacial score (nSPS) is 11.4. The lowest BCUT2D eigenvalue weighted by molar-refractivity contribution is -0.136. The van der Waals surface area contributed by atoms with Gasteiger partial charge in [0.2, 0.25) is 0 Å². The Morgan fingerprint density at radius 1 is 0.774 bits per heavy atom. The van der Waals surface area contributed by atoms with Gasteiger partial charge in [0, 0.05) is 6.42 Å². The summed E-state index contributed by atoms with van der Waals surface area (Å²) in [6, 6.07) is 32.4. The summed E-state index contributed by atoms with van der Waals surface area (Å²) < 4.78 is 6.04. The van der Waals surface area contributed by atoms with Crippen LogP contribution in [0.1, 0.15) is 29.5 Å². The summed E-state index contributed by atoms with van der Waals surface area (Å²) in [5, 5.41) is 11.5. The Bertz CT molecular complexity index is 1210. The first-order valence-electron chi connectivity index (χ1n) is 10.4. The van der Waals surface area contributed by atoms with Crippen LogP contribution in [-0.4, -0.2) is 11.1 Å². The first-order valence-corrected chi connectivity index (χ1v) is 10.4. The molecule has 0 aliphatic carbocycles. The molecule has 3 heteroatoms. The molecule has 1 N–H and O–H groups in total. The van der Waals surface area contributed by atoms with E-state index in [-0.39, 0.29) is 6.42 Å². The van der Waals surface area contributed by atoms with Gasteiger partial charge in [-0.2, -0.15) is 0 Å². The minimum atomic E-state index is -0.797. The smallest absolute Gasteiger partial charge is 0.303 e. The molecule has 31 heavy (non-hydrogen) atoms. The van der Waals surface area contributed by atoms with Crippen molar-refractivity contribution in [1.29, 1.82) is 0 Å². The van der Waals surface area contributed by atoms with Crippen LogP contribution < -0.4 is 4.74 Å². The molecule has 0 bridgehead atoms. The van der Waals surface area contributed by atoms with Crippen molar-refractivity contribution >= 4 is 28.4 Å². The first-order chi connectivity index (χ1) is 15.2. The molecule has 154 valence electrons. The maximum Gasteiger partial charge on any atom is 0.303 e. The average Bonchev–Trinajstić information content (AvgIpc) is 2.81. The van der Waals surface area contributed by atoms with Crippen molar-refractivity contribution in [2.24, 2.45) is 0 Å². The standard InChI is InChI=1S/C28H24O3/c29-28(30)16-15-26(23-8-2-1-3-9-23)17-21-7-6-12-27(19-21)31-20-22-13-14-24-10-4-5-11-25(24)18-22/h1-14,17-19H,15-16,20H2,(H,29,30)/b26-17+. The van der Waals surface area contributed by atoms with Crippen LogP contribution in [0.25, 0.3) is 22.4 Å². The molecular formula is C28H24O3. The van der Waals surface area contributed by atoms with Crippen molar-refractivity contribution in [3.63, 3.8) is 0 Å². The number of carbonyl (C=O) groups is 1. The number of aliphatic carboxylic acids is 1. The Balaban J connectivity index is 1.52. The minimum absolute atomic E-state index is 0.0961. The van der Waals surface area contributed by atoms with Gasteiger partial charge in [-0.15, -0.1) is 0 Å². The predicted molar refractivity (Wildman–Crippen MR) is 126 cm³/mol. The third kappa shape index (κ3) is 5.61. The number of carboxylic acid groups (broad SMARTS) is 1. The van der Waals surface area contributed by atoms with E-state index in [9.17, 15) is 4.79 Å². The average molecular weight is 408 g/mol. The Morgan fingerprint density at radius 2 is 1.55 bits per heavy atom. The van der Waals surface area contributed by atoms with Gasteiger partial charge in [0.05, 0.1) is 0 Å². The second-order valence-corrected chi connectivity index (χ2v) is 7.47. The van der Waals surface area contributed by atoms with Gasteiger partial charge in [0.1, 0.15) is 12.4 Å². The van der Waals surface area contributed by atoms with Crippen molar-refractivity contribution in [2.75, 3.05) is 0 Å². The van der Waals surface area contributed by atoms with Crippen LogP contribution in [0.15, 0.2) is 97.1 Å². The number of fused-ring (bicyclic) bond motifs is 1. The highest BCUT2D eigenvalue weighted by Gasteiger charge is 2.06. The highest BCUT2D eigenvalue weighted by atomic mass is 16.5. The molecule has 0 atom stereocenters. The van der Waals surface area contributed by atoms with Crippen molar-refractivity contribution in [3.8, 4) is 5.75 Å². The first kappa shape index (κ1) is 20.4. The minimum Gasteiger partial charge on any atom is -0.489 e. The molecule has 4 aromatic carbocycles. The molecule has 3 nitrogen and oxygen atoms in total. The number of benzene rings is 4. The molecule has 0 fully saturated rings. The van der Waals surface area contributed by atoms with Gasteiger partial charge in [-0.25, -0.2) is 0 Å². The van der Waals surface area contributed by atoms with Crippen LogP contribution in [0, 0.1) is 0 Å². The molecular weight excluding hydrogens is 384 g/mol. The summed E-state index contributed by atoms with van der Waals surface area (Å²) in [6.07, 6.45) is 2.61. The third-order valence-corrected chi connectivity index (χ3v) is 5.17. The van der Waals surface area contributed by atoms with Crippen LogP contribution in [-0.2, 0) is 11.4 Å². The maximum atomic E-state index is 11.1. The van der Waals surface area contributed by atoms with E-state index in [0.717, 1.165) is 28.0 Å². The number of ether oxygens (including phenoxy) is 1. The fourth-order valence-electron chi connectivity index (χ4n) is 3.58. The van der Waals surface area contributed by atoms with E-state index in [1.165, 1.54) is 10.8 Å². The Labute approximate surface area is 182 Å². The summed E-state index contributed by atoms with van der Waals surface area (Å²) in [4.78, 5) is 11.1. The molecule has 4 aromatic rings. The van der Waals surface area contributed by atoms with Gasteiger partial charge >= 0.3 is 5.97 Å². The van der Waals surface area contributed by atoms with Gasteiger partial charge < -0.3 is 9.84 Å². The number of hydrogen-bond donors (Lipinski definition) is 1. The quantitative estimate of drug-likeness (QED) is 0.325. The number of carboxylic acids is 1. The molecule has 0 unspecified atom stereocenters. The van der Waals surface area contributed by atoms with Crippen LogP contribution in [0.3, 0.4) is 0 Å². The van der Waals surface area contributed by atoms with Gasteiger partial charge in [-0.3, -0.25) is 4.79 Å². The fraction of sp³-hybridized carbons (Fsp3) is 0.107. The Morgan fingerprint density at radius 3 is 2.35 bits per heavy atom. The topological polar surface area (TPSA) is 46.5 Å². The zero-order valence-electron chi connectivity index (χ0n) is 17.2. The zero-order chi connectivity index (χ0) is 21.5. The molecule has 0 heterocycles. The van der Waals surface area contributed by atoms with Crippen LogP contribution in [0.2, 0.25) is 0 Å². The summed E-state index contributed by atoms with van der Waals surface area (Å²) >= 11 is 0. The molecule has 0 radical (unpaired) electrons. The van der Waals surface area contributed by atoms with Crippen molar-refractivity contribution < 1.29 is 14.6 Å². The summed E-state index contributed by atoms with van der Waals surface area (Å²) in [7, 11) is 0. The monoisotopic (exact) mass is 408 g/mol. The molecule has 0 amide bonds. The molecule has 0 aliphatic heterocycles. The van der Waals surface area contributed by atoms with Crippen molar-refractivity contribution in [1.82, 2.24) is 0 Å². The maximum absolute atomic E-state index is 11.1. The molecule has 4 rings (SSSR count). The van der Waals surface area contributed by atoms with Crippen LogP contribution in [0.5, 0.6) is 5.75 Å². The fourth-order valence-corrected chi connectivity index (χ4v) is 3.58. The SMILES string of the molecule is O=C(O)CC/C(=C\c1cccc(OCc2ccc3ccccc3c2)c1)c1ccccc1. The highest BCUT2D eigenvalue weighted by molar-refractivity contribution is 5.84. The zero-order valence-corrected chi connectivity index (χ0v) is 17.2. The Kier molecular flexibility index (Phi) is 6.44.